The molecule has 3 N–H and O–H groups in total. The van der Waals surface area contributed by atoms with E-state index in [-0.39, 0.29) is 5.91 Å². The summed E-state index contributed by atoms with van der Waals surface area (Å²) in [5.41, 5.74) is 7.57. The average molecular weight is 222 g/mol. The van der Waals surface area contributed by atoms with Gasteiger partial charge in [-0.25, -0.2) is 0 Å². The smallest absolute Gasteiger partial charge is 0.241 e. The minimum absolute atomic E-state index is 0.178. The van der Waals surface area contributed by atoms with E-state index in [1.54, 1.807) is 7.11 Å². The number of ether oxygens (including phenoxy) is 1. The molecule has 0 saturated heterocycles. The molecule has 1 atom stereocenters. The number of carbonyl (C=O) groups is 1. The van der Waals surface area contributed by atoms with E-state index in [0.29, 0.717) is 13.0 Å². The van der Waals surface area contributed by atoms with Gasteiger partial charge in [0.15, 0.2) is 0 Å². The Bertz CT molecular complexity index is 353. The maximum atomic E-state index is 11.6. The highest BCUT2D eigenvalue weighted by molar-refractivity contribution is 5.94. The van der Waals surface area contributed by atoms with E-state index < -0.39 is 6.04 Å². The van der Waals surface area contributed by atoms with Crippen molar-refractivity contribution in [2.75, 3.05) is 19.0 Å². The molecule has 0 aliphatic heterocycles. The monoisotopic (exact) mass is 222 g/mol. The summed E-state index contributed by atoms with van der Waals surface area (Å²) in [7, 11) is 1.59. The van der Waals surface area contributed by atoms with Crippen molar-refractivity contribution in [2.24, 2.45) is 5.73 Å². The molecule has 16 heavy (non-hydrogen) atoms. The van der Waals surface area contributed by atoms with Crippen molar-refractivity contribution in [1.82, 2.24) is 0 Å². The van der Waals surface area contributed by atoms with Gasteiger partial charge in [0.05, 0.1) is 6.04 Å². The van der Waals surface area contributed by atoms with Crippen LogP contribution < -0.4 is 11.1 Å². The molecule has 0 fully saturated rings. The lowest BCUT2D eigenvalue weighted by Gasteiger charge is -2.11. The van der Waals surface area contributed by atoms with Gasteiger partial charge in [0.25, 0.3) is 0 Å². The van der Waals surface area contributed by atoms with Crippen LogP contribution in [0.4, 0.5) is 5.69 Å². The predicted octanol–water partition coefficient (Wildman–Crippen LogP) is 1.30. The number of methoxy groups -OCH3 is 1. The summed E-state index contributed by atoms with van der Waals surface area (Å²) in [5, 5.41) is 2.77. The van der Waals surface area contributed by atoms with Crippen LogP contribution in [0, 0.1) is 6.92 Å². The number of nitrogens with one attached hydrogen (secondary N) is 1. The van der Waals surface area contributed by atoms with Crippen molar-refractivity contribution in [3.8, 4) is 0 Å². The number of hydrogen-bond donors (Lipinski definition) is 2. The number of hydrogen-bond acceptors (Lipinski definition) is 3. The zero-order chi connectivity index (χ0) is 12.0. The number of aryl methyl sites for hydroxylation is 1. The Hall–Kier alpha value is -1.39. The van der Waals surface area contributed by atoms with E-state index in [4.69, 9.17) is 10.5 Å². The van der Waals surface area contributed by atoms with Crippen molar-refractivity contribution >= 4 is 11.6 Å². The number of amides is 1. The molecule has 1 aromatic carbocycles. The third-order valence-electron chi connectivity index (χ3n) is 2.26. The highest BCUT2D eigenvalue weighted by Crippen LogP contribution is 2.09. The number of nitrogens with two attached hydrogens (primary N) is 1. The molecule has 0 bridgehead atoms. The number of carbonyl (C=O) groups excluding carboxylic acids is 1. The Balaban J connectivity index is 2.50. The van der Waals surface area contributed by atoms with Crippen LogP contribution in [0.15, 0.2) is 24.3 Å². The second-order valence-corrected chi connectivity index (χ2v) is 3.75. The van der Waals surface area contributed by atoms with Gasteiger partial charge in [-0.05, 0) is 31.0 Å². The fourth-order valence-corrected chi connectivity index (χ4v) is 1.33. The average Bonchev–Trinajstić information content (AvgIpc) is 2.25. The Labute approximate surface area is 95.8 Å². The molecule has 0 heterocycles. The van der Waals surface area contributed by atoms with Gasteiger partial charge in [-0.3, -0.25) is 4.79 Å². The quantitative estimate of drug-likeness (QED) is 0.789. The zero-order valence-electron chi connectivity index (χ0n) is 9.69. The number of rotatable bonds is 5. The molecule has 4 heteroatoms. The van der Waals surface area contributed by atoms with Crippen molar-refractivity contribution < 1.29 is 9.53 Å². The standard InChI is InChI=1S/C12H18N2O2/c1-9-4-3-5-10(8-9)14-12(15)11(13)6-7-16-2/h3-5,8,11H,6-7,13H2,1-2H3,(H,14,15). The first-order valence-corrected chi connectivity index (χ1v) is 5.25. The summed E-state index contributed by atoms with van der Waals surface area (Å²) in [6, 6.07) is 7.08. The van der Waals surface area contributed by atoms with Crippen LogP contribution >= 0.6 is 0 Å². The van der Waals surface area contributed by atoms with E-state index in [0.717, 1.165) is 11.3 Å². The molecule has 0 spiro atoms. The molecular formula is C12H18N2O2. The molecule has 0 aromatic heterocycles. The highest BCUT2D eigenvalue weighted by Gasteiger charge is 2.12. The van der Waals surface area contributed by atoms with Gasteiger partial charge in [-0.2, -0.15) is 0 Å². The maximum Gasteiger partial charge on any atom is 0.241 e. The van der Waals surface area contributed by atoms with Gasteiger partial charge in [0.2, 0.25) is 5.91 Å². The van der Waals surface area contributed by atoms with E-state index in [1.807, 2.05) is 31.2 Å². The van der Waals surface area contributed by atoms with Gasteiger partial charge >= 0.3 is 0 Å². The van der Waals surface area contributed by atoms with E-state index in [2.05, 4.69) is 5.32 Å². The molecule has 4 nitrogen and oxygen atoms in total. The molecule has 1 amide bonds. The third-order valence-corrected chi connectivity index (χ3v) is 2.26. The summed E-state index contributed by atoms with van der Waals surface area (Å²) in [6.07, 6.45) is 0.522. The van der Waals surface area contributed by atoms with Gasteiger partial charge in [-0.15, -0.1) is 0 Å². The van der Waals surface area contributed by atoms with Gasteiger partial charge in [0.1, 0.15) is 0 Å². The predicted molar refractivity (Wildman–Crippen MR) is 64.3 cm³/mol. The van der Waals surface area contributed by atoms with Crippen molar-refractivity contribution in [2.45, 2.75) is 19.4 Å². The van der Waals surface area contributed by atoms with Gasteiger partial charge in [-0.1, -0.05) is 12.1 Å². The highest BCUT2D eigenvalue weighted by atomic mass is 16.5. The first-order chi connectivity index (χ1) is 7.63. The zero-order valence-corrected chi connectivity index (χ0v) is 9.69. The molecule has 0 saturated carbocycles. The lowest BCUT2D eigenvalue weighted by Crippen LogP contribution is -2.36. The normalized spacial score (nSPS) is 12.2. The molecule has 0 aliphatic rings. The van der Waals surface area contributed by atoms with Crippen LogP contribution in [-0.2, 0) is 9.53 Å². The van der Waals surface area contributed by atoms with Gasteiger partial charge in [0, 0.05) is 19.4 Å². The van der Waals surface area contributed by atoms with E-state index >= 15 is 0 Å². The summed E-state index contributed by atoms with van der Waals surface area (Å²) in [5.74, 6) is -0.178. The molecule has 88 valence electrons. The topological polar surface area (TPSA) is 64.3 Å². The Morgan fingerprint density at radius 1 is 1.56 bits per heavy atom. The SMILES string of the molecule is COCCC(N)C(=O)Nc1cccc(C)c1. The number of benzene rings is 1. The molecular weight excluding hydrogens is 204 g/mol. The van der Waals surface area contributed by atoms with E-state index in [9.17, 15) is 4.79 Å². The Morgan fingerprint density at radius 2 is 2.31 bits per heavy atom. The van der Waals surface area contributed by atoms with Crippen molar-refractivity contribution in [1.29, 1.82) is 0 Å². The molecule has 0 aliphatic carbocycles. The fourth-order valence-electron chi connectivity index (χ4n) is 1.33. The van der Waals surface area contributed by atoms with Crippen LogP contribution in [0.2, 0.25) is 0 Å². The van der Waals surface area contributed by atoms with Crippen LogP contribution in [0.5, 0.6) is 0 Å². The van der Waals surface area contributed by atoms with Gasteiger partial charge < -0.3 is 15.8 Å². The lowest BCUT2D eigenvalue weighted by atomic mass is 10.2. The van der Waals surface area contributed by atoms with Crippen LogP contribution in [0.1, 0.15) is 12.0 Å². The maximum absolute atomic E-state index is 11.6. The fraction of sp³-hybridized carbons (Fsp3) is 0.417. The van der Waals surface area contributed by atoms with E-state index in [1.165, 1.54) is 0 Å². The minimum atomic E-state index is -0.527. The van der Waals surface area contributed by atoms with Crippen LogP contribution in [0.25, 0.3) is 0 Å². The summed E-state index contributed by atoms with van der Waals surface area (Å²) in [6.45, 7) is 2.46. The molecule has 1 aromatic rings. The minimum Gasteiger partial charge on any atom is -0.385 e. The second-order valence-electron chi connectivity index (χ2n) is 3.75. The Morgan fingerprint density at radius 3 is 2.94 bits per heavy atom. The Kier molecular flexibility index (Phi) is 4.95. The third kappa shape index (κ3) is 4.00. The number of anilines is 1. The summed E-state index contributed by atoms with van der Waals surface area (Å²) < 4.78 is 4.87. The van der Waals surface area contributed by atoms with Crippen molar-refractivity contribution in [3.63, 3.8) is 0 Å². The molecule has 0 radical (unpaired) electrons. The largest absolute Gasteiger partial charge is 0.385 e. The second kappa shape index (κ2) is 6.25. The summed E-state index contributed by atoms with van der Waals surface area (Å²) >= 11 is 0. The lowest BCUT2D eigenvalue weighted by molar-refractivity contribution is -0.117. The summed E-state index contributed by atoms with van der Waals surface area (Å²) in [4.78, 5) is 11.6. The molecule has 1 unspecified atom stereocenters. The van der Waals surface area contributed by atoms with Crippen LogP contribution in [0.3, 0.4) is 0 Å². The molecule has 1 rings (SSSR count). The first kappa shape index (κ1) is 12.7. The van der Waals surface area contributed by atoms with Crippen LogP contribution in [-0.4, -0.2) is 25.7 Å². The van der Waals surface area contributed by atoms with Crippen molar-refractivity contribution in [3.05, 3.63) is 29.8 Å². The first-order valence-electron chi connectivity index (χ1n) is 5.25.